The zero-order chi connectivity index (χ0) is 16.6. The molecule has 0 aromatic heterocycles. The highest BCUT2D eigenvalue weighted by Gasteiger charge is 2.37. The Hall–Kier alpha value is -2.73. The molecule has 0 amide bonds. The topological polar surface area (TPSA) is 111 Å². The van der Waals surface area contributed by atoms with Gasteiger partial charge in [-0.25, -0.2) is 0 Å². The van der Waals surface area contributed by atoms with Gasteiger partial charge in [-0.3, -0.25) is 4.79 Å². The summed E-state index contributed by atoms with van der Waals surface area (Å²) in [4.78, 5) is 12.0. The Bertz CT molecular complexity index is 761. The molecule has 23 heavy (non-hydrogen) atoms. The third-order valence-electron chi connectivity index (χ3n) is 4.11. The molecule has 1 heterocycles. The first-order chi connectivity index (χ1) is 11.0. The number of ether oxygens (including phenoxy) is 1. The van der Waals surface area contributed by atoms with Crippen LogP contribution in [0.15, 0.2) is 36.4 Å². The van der Waals surface area contributed by atoms with E-state index in [0.29, 0.717) is 35.0 Å². The largest absolute Gasteiger partial charge is 0.481 e. The first kappa shape index (κ1) is 15.2. The number of fused-ring (bicyclic) bond motifs is 2. The Kier molecular flexibility index (Phi) is 3.83. The highest BCUT2D eigenvalue weighted by atomic mass is 16.5. The molecule has 1 aliphatic rings. The average molecular weight is 313 g/mol. The predicted molar refractivity (Wildman–Crippen MR) is 88.8 cm³/mol. The lowest BCUT2D eigenvalue weighted by molar-refractivity contribution is -0.139. The first-order valence-electron chi connectivity index (χ1n) is 7.35. The second-order valence-corrected chi connectivity index (χ2v) is 5.68. The number of likely N-dealkylation sites (N-methyl/N-ethyl adjacent to an activating group) is 1. The van der Waals surface area contributed by atoms with Gasteiger partial charge in [0.25, 0.3) is 0 Å². The van der Waals surface area contributed by atoms with Gasteiger partial charge >= 0.3 is 5.97 Å². The minimum Gasteiger partial charge on any atom is -0.481 e. The molecule has 0 bridgehead atoms. The Balaban J connectivity index is 2.26. The lowest BCUT2D eigenvalue weighted by Crippen LogP contribution is -2.27. The molecule has 1 aliphatic heterocycles. The van der Waals surface area contributed by atoms with E-state index >= 15 is 0 Å². The molecular formula is C17H19N3O3. The van der Waals surface area contributed by atoms with Crippen molar-refractivity contribution in [3.63, 3.8) is 0 Å². The van der Waals surface area contributed by atoms with Crippen molar-refractivity contribution in [2.45, 2.75) is 11.8 Å². The molecule has 0 unspecified atom stereocenters. The van der Waals surface area contributed by atoms with E-state index in [1.165, 1.54) is 0 Å². The van der Waals surface area contributed by atoms with E-state index in [4.69, 9.17) is 16.2 Å². The van der Waals surface area contributed by atoms with Crippen molar-refractivity contribution >= 4 is 17.3 Å². The van der Waals surface area contributed by atoms with E-state index < -0.39 is 11.9 Å². The molecule has 6 nitrogen and oxygen atoms in total. The molecule has 0 fully saturated rings. The summed E-state index contributed by atoms with van der Waals surface area (Å²) in [5, 5.41) is 12.9. The van der Waals surface area contributed by atoms with Gasteiger partial charge in [0.15, 0.2) is 0 Å². The van der Waals surface area contributed by atoms with Gasteiger partial charge in [0.2, 0.25) is 0 Å². The molecule has 0 saturated heterocycles. The highest BCUT2D eigenvalue weighted by molar-refractivity contribution is 5.80. The van der Waals surface area contributed by atoms with Crippen molar-refractivity contribution in [2.24, 2.45) is 0 Å². The third-order valence-corrected chi connectivity index (χ3v) is 4.11. The van der Waals surface area contributed by atoms with Crippen LogP contribution in [0, 0.1) is 0 Å². The summed E-state index contributed by atoms with van der Waals surface area (Å²) in [6, 6.07) is 10.4. The molecule has 2 atom stereocenters. The van der Waals surface area contributed by atoms with Crippen molar-refractivity contribution in [1.29, 1.82) is 0 Å². The second-order valence-electron chi connectivity index (χ2n) is 5.68. The van der Waals surface area contributed by atoms with E-state index in [1.54, 1.807) is 43.4 Å². The van der Waals surface area contributed by atoms with E-state index in [9.17, 15) is 9.90 Å². The van der Waals surface area contributed by atoms with Gasteiger partial charge in [0.1, 0.15) is 11.5 Å². The fourth-order valence-corrected chi connectivity index (χ4v) is 3.12. The first-order valence-corrected chi connectivity index (χ1v) is 7.35. The van der Waals surface area contributed by atoms with Gasteiger partial charge in [-0.05, 0) is 43.4 Å². The number of aliphatic carboxylic acids is 1. The van der Waals surface area contributed by atoms with E-state index in [0.717, 1.165) is 5.56 Å². The number of hydrogen-bond acceptors (Lipinski definition) is 5. The van der Waals surface area contributed by atoms with Crippen molar-refractivity contribution in [2.75, 3.05) is 25.1 Å². The number of nitrogen functional groups attached to an aromatic ring is 2. The van der Waals surface area contributed by atoms with Crippen LogP contribution in [0.1, 0.15) is 23.0 Å². The minimum atomic E-state index is -0.920. The summed E-state index contributed by atoms with van der Waals surface area (Å²) >= 11 is 0. The number of benzene rings is 2. The molecule has 0 spiro atoms. The summed E-state index contributed by atoms with van der Waals surface area (Å²) in [5.41, 5.74) is 14.2. The van der Waals surface area contributed by atoms with E-state index in [-0.39, 0.29) is 5.92 Å². The summed E-state index contributed by atoms with van der Waals surface area (Å²) in [7, 11) is 1.79. The average Bonchev–Trinajstić information content (AvgIpc) is 2.62. The summed E-state index contributed by atoms with van der Waals surface area (Å²) in [6.45, 7) is 0.477. The van der Waals surface area contributed by atoms with Gasteiger partial charge < -0.3 is 26.6 Å². The van der Waals surface area contributed by atoms with Crippen molar-refractivity contribution in [3.05, 3.63) is 47.5 Å². The minimum absolute atomic E-state index is 0.320. The maximum Gasteiger partial charge on any atom is 0.311 e. The second kappa shape index (κ2) is 5.81. The zero-order valence-electron chi connectivity index (χ0n) is 12.7. The van der Waals surface area contributed by atoms with Crippen LogP contribution in [0.5, 0.6) is 11.5 Å². The van der Waals surface area contributed by atoms with Gasteiger partial charge in [-0.1, -0.05) is 0 Å². The molecule has 120 valence electrons. The summed E-state index contributed by atoms with van der Waals surface area (Å²) in [5.74, 6) is -0.885. The standard InChI is InChI=1S/C17H19N3O3/c1-20-8-13-11-6-9(18)2-4-14(11)23-15-5-3-10(19)7-12(15)16(13)17(21)22/h2-7,13,16,20H,8,18-19H2,1H3,(H,21,22)/t13-,16-/m0/s1. The summed E-state index contributed by atoms with van der Waals surface area (Å²) in [6.07, 6.45) is 0. The number of anilines is 2. The Morgan fingerprint density at radius 2 is 1.70 bits per heavy atom. The number of carboxylic acids is 1. The summed E-state index contributed by atoms with van der Waals surface area (Å²) < 4.78 is 5.97. The van der Waals surface area contributed by atoms with Gasteiger partial charge in [0.05, 0.1) is 5.92 Å². The molecule has 0 saturated carbocycles. The monoisotopic (exact) mass is 313 g/mol. The van der Waals surface area contributed by atoms with Crippen LogP contribution in [0.25, 0.3) is 0 Å². The Morgan fingerprint density at radius 1 is 1.13 bits per heavy atom. The molecule has 6 heteroatoms. The van der Waals surface area contributed by atoms with Crippen LogP contribution < -0.4 is 21.5 Å². The molecule has 2 aromatic carbocycles. The maximum atomic E-state index is 12.0. The molecular weight excluding hydrogens is 294 g/mol. The third kappa shape index (κ3) is 2.68. The van der Waals surface area contributed by atoms with Crippen LogP contribution >= 0.6 is 0 Å². The van der Waals surface area contributed by atoms with Crippen LogP contribution in [-0.4, -0.2) is 24.7 Å². The number of hydrogen-bond donors (Lipinski definition) is 4. The number of nitrogens with two attached hydrogens (primary N) is 2. The van der Waals surface area contributed by atoms with Crippen molar-refractivity contribution < 1.29 is 14.6 Å². The number of rotatable bonds is 3. The lowest BCUT2D eigenvalue weighted by Gasteiger charge is -2.23. The highest BCUT2D eigenvalue weighted by Crippen LogP contribution is 2.47. The fraction of sp³-hybridized carbons (Fsp3) is 0.235. The molecule has 3 rings (SSSR count). The Labute approximate surface area is 134 Å². The smallest absolute Gasteiger partial charge is 0.311 e. The Morgan fingerprint density at radius 3 is 2.26 bits per heavy atom. The van der Waals surface area contributed by atoms with Crippen LogP contribution in [0.3, 0.4) is 0 Å². The van der Waals surface area contributed by atoms with Crippen molar-refractivity contribution in [3.8, 4) is 11.5 Å². The van der Waals surface area contributed by atoms with Crippen LogP contribution in [0.2, 0.25) is 0 Å². The fourth-order valence-electron chi connectivity index (χ4n) is 3.12. The lowest BCUT2D eigenvalue weighted by atomic mass is 9.81. The number of carboxylic acid groups (broad SMARTS) is 1. The molecule has 2 aromatic rings. The predicted octanol–water partition coefficient (Wildman–Crippen LogP) is 2.13. The normalized spacial score (nSPS) is 19.2. The van der Waals surface area contributed by atoms with E-state index in [2.05, 4.69) is 5.32 Å². The number of nitrogens with one attached hydrogen (secondary N) is 1. The van der Waals surface area contributed by atoms with E-state index in [1.807, 2.05) is 0 Å². The van der Waals surface area contributed by atoms with Gasteiger partial charge in [-0.15, -0.1) is 0 Å². The van der Waals surface area contributed by atoms with Gasteiger partial charge in [-0.2, -0.15) is 0 Å². The van der Waals surface area contributed by atoms with Gasteiger partial charge in [0, 0.05) is 35.0 Å². The number of carbonyl (C=O) groups is 1. The quantitative estimate of drug-likeness (QED) is 0.646. The zero-order valence-corrected chi connectivity index (χ0v) is 12.7. The molecule has 0 aliphatic carbocycles. The molecule has 0 radical (unpaired) electrons. The van der Waals surface area contributed by atoms with Crippen molar-refractivity contribution in [1.82, 2.24) is 5.32 Å². The molecule has 6 N–H and O–H groups in total. The maximum absolute atomic E-state index is 12.0. The SMILES string of the molecule is CNC[C@H]1c2cc(N)ccc2Oc2ccc(N)cc2[C@@H]1C(=O)O. The van der Waals surface area contributed by atoms with Crippen LogP contribution in [0.4, 0.5) is 11.4 Å². The van der Waals surface area contributed by atoms with Crippen LogP contribution in [-0.2, 0) is 4.79 Å².